The summed E-state index contributed by atoms with van der Waals surface area (Å²) in [6.45, 7) is -0.261. The lowest BCUT2D eigenvalue weighted by atomic mass is 9.59. The van der Waals surface area contributed by atoms with Crippen LogP contribution in [0.2, 0.25) is 0 Å². The van der Waals surface area contributed by atoms with Crippen LogP contribution in [-0.4, -0.2) is 66.8 Å². The average molecular weight is 460 g/mol. The maximum atomic E-state index is 15.8. The van der Waals surface area contributed by atoms with Gasteiger partial charge in [0.15, 0.2) is 0 Å². The molecule has 6 radical (unpaired) electrons. The van der Waals surface area contributed by atoms with Crippen molar-refractivity contribution in [3.63, 3.8) is 0 Å². The topological polar surface area (TPSA) is 149 Å². The van der Waals surface area contributed by atoms with Gasteiger partial charge >= 0.3 is 13.5 Å². The van der Waals surface area contributed by atoms with Gasteiger partial charge in [-0.05, 0) is 6.07 Å². The Kier molecular flexibility index (Phi) is 5.35. The van der Waals surface area contributed by atoms with Gasteiger partial charge in [-0.25, -0.2) is 13.8 Å². The van der Waals surface area contributed by atoms with Crippen LogP contribution in [0.4, 0.5) is 4.39 Å². The summed E-state index contributed by atoms with van der Waals surface area (Å²) < 4.78 is 49.1. The van der Waals surface area contributed by atoms with Gasteiger partial charge in [0.2, 0.25) is 0 Å². The third-order valence-electron chi connectivity index (χ3n) is 4.97. The summed E-state index contributed by atoms with van der Waals surface area (Å²) in [7, 11) is 12.5. The van der Waals surface area contributed by atoms with Crippen LogP contribution in [0, 0.1) is 0 Å². The zero-order chi connectivity index (χ0) is 23.5. The number of hydrogen-bond acceptors (Lipinski definition) is 9. The first-order valence-electron chi connectivity index (χ1n) is 8.98. The van der Waals surface area contributed by atoms with Crippen molar-refractivity contribution < 1.29 is 37.5 Å². The van der Waals surface area contributed by atoms with Gasteiger partial charge in [0.25, 0.3) is 11.4 Å². The summed E-state index contributed by atoms with van der Waals surface area (Å²) in [5.41, 5.74) is -4.34. The van der Waals surface area contributed by atoms with Crippen LogP contribution in [0.15, 0.2) is 46.1 Å². The second kappa shape index (κ2) is 7.44. The van der Waals surface area contributed by atoms with Crippen LogP contribution in [-0.2, 0) is 30.6 Å². The van der Waals surface area contributed by atoms with Gasteiger partial charge in [-0.15, -0.1) is 0 Å². The van der Waals surface area contributed by atoms with Crippen molar-refractivity contribution in [1.29, 1.82) is 0 Å². The van der Waals surface area contributed by atoms with Gasteiger partial charge in [-0.1, -0.05) is 18.2 Å². The summed E-state index contributed by atoms with van der Waals surface area (Å²) in [4.78, 5) is 25.2. The molecule has 162 valence electrons. The molecule has 1 fully saturated rings. The van der Waals surface area contributed by atoms with E-state index in [0.29, 0.717) is 10.1 Å². The molecule has 32 heavy (non-hydrogen) atoms. The maximum absolute atomic E-state index is 15.8. The summed E-state index contributed by atoms with van der Waals surface area (Å²) >= 11 is 0. The van der Waals surface area contributed by atoms with Crippen LogP contribution in [0.3, 0.4) is 0 Å². The molecular formula is C16H13B3FN2O9P. The van der Waals surface area contributed by atoms with Crippen molar-refractivity contribution in [3.8, 4) is 5.75 Å². The van der Waals surface area contributed by atoms with E-state index in [1.54, 1.807) is 18.2 Å². The molecule has 1 unspecified atom stereocenters. The zero-order valence-electron chi connectivity index (χ0n) is 16.1. The molecule has 11 nitrogen and oxygen atoms in total. The van der Waals surface area contributed by atoms with E-state index in [9.17, 15) is 24.4 Å². The number of aromatic amines is 1. The minimum atomic E-state index is -4.66. The Morgan fingerprint density at radius 3 is 2.62 bits per heavy atom. The molecule has 5 atom stereocenters. The Balaban J connectivity index is 1.67. The Labute approximate surface area is 183 Å². The van der Waals surface area contributed by atoms with E-state index in [4.69, 9.17) is 41.8 Å². The number of nitrogens with one attached hydrogen (secondary N) is 1. The van der Waals surface area contributed by atoms with Crippen molar-refractivity contribution in [1.82, 2.24) is 9.55 Å². The lowest BCUT2D eigenvalue weighted by molar-refractivity contribution is -0.240. The number of ether oxygens (including phenoxy) is 1. The minimum Gasteiger partial charge on any atom is -0.404 e. The molecule has 0 saturated carbocycles. The third kappa shape index (κ3) is 3.49. The number of hydrogen-bond donors (Lipinski definition) is 3. The lowest BCUT2D eigenvalue weighted by Gasteiger charge is -2.42. The predicted molar refractivity (Wildman–Crippen MR) is 107 cm³/mol. The van der Waals surface area contributed by atoms with Crippen molar-refractivity contribution in [2.75, 3.05) is 0 Å². The maximum Gasteiger partial charge on any atom is 0.529 e. The lowest BCUT2D eigenvalue weighted by Crippen LogP contribution is -2.60. The fraction of sp³-hybridized carbons (Fsp3) is 0.375. The first-order chi connectivity index (χ1) is 14.8. The molecular weight excluding hydrogens is 447 g/mol. The number of aliphatic hydroxyl groups excluding tert-OH is 2. The van der Waals surface area contributed by atoms with Crippen molar-refractivity contribution in [3.05, 3.63) is 62.9 Å². The van der Waals surface area contributed by atoms with E-state index in [1.165, 1.54) is 6.07 Å². The highest BCUT2D eigenvalue weighted by molar-refractivity contribution is 7.49. The fourth-order valence-electron chi connectivity index (χ4n) is 3.28. The number of rotatable bonds is 4. The number of para-hydroxylation sites is 1. The number of benzene rings is 1. The fourth-order valence-corrected chi connectivity index (χ4v) is 4.64. The Morgan fingerprint density at radius 2 is 1.94 bits per heavy atom. The SMILES string of the molecule is [B]C([B])(OP1(=O)OCc2ccccc2O1)[C@@]1(F)O[C@@]([B])(n2ccc(=O)[nH]c2=O)[C@H](O)[C@@H]1O. The van der Waals surface area contributed by atoms with Crippen LogP contribution in [0.1, 0.15) is 5.56 Å². The van der Waals surface area contributed by atoms with Gasteiger partial charge in [-0.2, -0.15) is 0 Å². The second-order valence-electron chi connectivity index (χ2n) is 7.17. The van der Waals surface area contributed by atoms with Gasteiger partial charge in [-0.3, -0.25) is 23.4 Å². The molecule has 0 spiro atoms. The van der Waals surface area contributed by atoms with Gasteiger partial charge in [0.05, 0.1) is 12.0 Å². The van der Waals surface area contributed by atoms with Crippen LogP contribution in [0.25, 0.3) is 0 Å². The van der Waals surface area contributed by atoms with Gasteiger partial charge in [0.1, 0.15) is 47.1 Å². The number of alkyl halides is 1. The van der Waals surface area contributed by atoms with E-state index in [-0.39, 0.29) is 12.4 Å². The number of phosphoric ester groups is 1. The molecule has 2 aromatic rings. The standard InChI is InChI=1S/C16H13B3FN2O9P/c17-15(22-6-5-10(23)21-13(22)26)12(25)11(24)14(20,30-15)16(18,19)31-32(27)28-7-8-3-1-2-4-9(8)29-32/h1-6,11-12,24-25H,7H2,(H,21,23,26)/t11-,12+,14-,15-,32?/m0/s1. The smallest absolute Gasteiger partial charge is 0.404 e. The van der Waals surface area contributed by atoms with Crippen molar-refractivity contribution in [2.45, 2.75) is 35.7 Å². The first kappa shape index (κ1) is 23.0. The van der Waals surface area contributed by atoms with Crippen molar-refractivity contribution >= 4 is 31.4 Å². The number of H-pyrrole nitrogens is 1. The monoisotopic (exact) mass is 460 g/mol. The molecule has 0 amide bonds. The Morgan fingerprint density at radius 1 is 1.25 bits per heavy atom. The highest BCUT2D eigenvalue weighted by Crippen LogP contribution is 2.59. The predicted octanol–water partition coefficient (Wildman–Crippen LogP) is -1.54. The first-order valence-corrected chi connectivity index (χ1v) is 10.4. The molecule has 2 aliphatic heterocycles. The minimum absolute atomic E-state index is 0.0895. The molecule has 4 rings (SSSR count). The second-order valence-corrected chi connectivity index (χ2v) is 8.69. The summed E-state index contributed by atoms with van der Waals surface area (Å²) in [6.07, 6.45) is -4.20. The number of aromatic nitrogens is 2. The summed E-state index contributed by atoms with van der Waals surface area (Å²) in [6, 6.07) is 7.10. The Bertz CT molecular complexity index is 1230. The molecule has 1 aromatic carbocycles. The highest BCUT2D eigenvalue weighted by atomic mass is 31.2. The normalized spacial score (nSPS) is 34.6. The number of phosphoric acid groups is 1. The van der Waals surface area contributed by atoms with E-state index < -0.39 is 48.2 Å². The summed E-state index contributed by atoms with van der Waals surface area (Å²) in [5, 5.41) is 17.4. The van der Waals surface area contributed by atoms with Crippen LogP contribution in [0.5, 0.6) is 5.75 Å². The molecule has 2 aliphatic rings. The summed E-state index contributed by atoms with van der Waals surface area (Å²) in [5.74, 6) is -3.66. The molecule has 1 saturated heterocycles. The van der Waals surface area contributed by atoms with Gasteiger partial charge < -0.3 is 19.5 Å². The molecule has 1 aromatic heterocycles. The largest absolute Gasteiger partial charge is 0.529 e. The molecule has 3 heterocycles. The molecule has 16 heteroatoms. The highest BCUT2D eigenvalue weighted by Gasteiger charge is 2.69. The van der Waals surface area contributed by atoms with E-state index in [2.05, 4.69) is 0 Å². The quantitative estimate of drug-likeness (QED) is 0.365. The van der Waals surface area contributed by atoms with Crippen molar-refractivity contribution in [2.24, 2.45) is 0 Å². The molecule has 3 N–H and O–H groups in total. The number of fused-ring (bicyclic) bond motifs is 1. The van der Waals surface area contributed by atoms with E-state index in [0.717, 1.165) is 12.3 Å². The van der Waals surface area contributed by atoms with Crippen LogP contribution < -0.4 is 15.8 Å². The van der Waals surface area contributed by atoms with E-state index >= 15 is 4.39 Å². The molecule has 0 aliphatic carbocycles. The van der Waals surface area contributed by atoms with E-state index in [1.807, 2.05) is 4.98 Å². The number of nitrogens with zero attached hydrogens (tertiary/aromatic N) is 1. The third-order valence-corrected chi connectivity index (χ3v) is 6.36. The number of aliphatic hydroxyl groups is 2. The van der Waals surface area contributed by atoms with Crippen LogP contribution >= 0.6 is 7.82 Å². The Hall–Kier alpha value is -2.15. The zero-order valence-corrected chi connectivity index (χ0v) is 17.0. The average Bonchev–Trinajstić information content (AvgIpc) is 2.89. The van der Waals surface area contributed by atoms with Gasteiger partial charge in [0, 0.05) is 17.8 Å². The number of halogens is 1. The molecule has 0 bridgehead atoms.